The molecule has 2 aromatic heterocycles. The Morgan fingerprint density at radius 3 is 3.00 bits per heavy atom. The van der Waals surface area contributed by atoms with E-state index in [9.17, 15) is 4.79 Å². The second-order valence-electron chi connectivity index (χ2n) is 7.30. The summed E-state index contributed by atoms with van der Waals surface area (Å²) in [6, 6.07) is 7.65. The van der Waals surface area contributed by atoms with Crippen LogP contribution in [0.1, 0.15) is 34.4 Å². The number of rotatable bonds is 8. The molecular weight excluding hydrogens is 370 g/mol. The third-order valence-corrected chi connectivity index (χ3v) is 5.23. The first-order valence-corrected chi connectivity index (χ1v) is 10.0. The van der Waals surface area contributed by atoms with Gasteiger partial charge in [0.25, 0.3) is 5.91 Å². The molecule has 0 spiro atoms. The molecule has 1 aliphatic heterocycles. The van der Waals surface area contributed by atoms with Gasteiger partial charge in [0.05, 0.1) is 19.3 Å². The lowest BCUT2D eigenvalue weighted by molar-refractivity contribution is 0.0374. The molecule has 1 unspecified atom stereocenters. The molecule has 1 aliphatic rings. The minimum absolute atomic E-state index is 0.235. The first-order chi connectivity index (χ1) is 14.2. The smallest absolute Gasteiger partial charge is 0.273 e. The summed E-state index contributed by atoms with van der Waals surface area (Å²) in [5, 5.41) is 4.03. The summed E-state index contributed by atoms with van der Waals surface area (Å²) >= 11 is 0. The number of carbonyl (C=O) groups excluding carboxylic acids is 1. The Morgan fingerprint density at radius 2 is 2.14 bits per heavy atom. The van der Waals surface area contributed by atoms with Crippen molar-refractivity contribution in [3.63, 3.8) is 0 Å². The van der Waals surface area contributed by atoms with Crippen LogP contribution in [0.5, 0.6) is 0 Å². The van der Waals surface area contributed by atoms with E-state index in [0.29, 0.717) is 18.9 Å². The quantitative estimate of drug-likeness (QED) is 0.501. The summed E-state index contributed by atoms with van der Waals surface area (Å²) in [4.78, 5) is 22.2. The molecule has 0 saturated carbocycles. The van der Waals surface area contributed by atoms with Gasteiger partial charge in [-0.15, -0.1) is 0 Å². The number of oxazole rings is 1. The van der Waals surface area contributed by atoms with Gasteiger partial charge in [0.15, 0.2) is 5.69 Å². The van der Waals surface area contributed by atoms with Crippen LogP contribution in [0.15, 0.2) is 41.1 Å². The highest BCUT2D eigenvalue weighted by atomic mass is 16.5. The molecule has 29 heavy (non-hydrogen) atoms. The highest BCUT2D eigenvalue weighted by molar-refractivity contribution is 5.91. The average molecular weight is 397 g/mol. The van der Waals surface area contributed by atoms with E-state index < -0.39 is 6.04 Å². The number of amides is 1. The third-order valence-electron chi connectivity index (χ3n) is 5.23. The zero-order chi connectivity index (χ0) is 20.1. The number of hydrogen-bond donors (Lipinski definition) is 3. The summed E-state index contributed by atoms with van der Waals surface area (Å²) in [5.41, 5.74) is 8.71. The average Bonchev–Trinajstić information content (AvgIpc) is 3.40. The number of H-pyrrole nitrogens is 1. The molecule has 1 saturated heterocycles. The number of hydrogen-bond acceptors (Lipinski definition) is 6. The number of ether oxygens (including phenoxy) is 1. The molecule has 0 bridgehead atoms. The lowest BCUT2D eigenvalue weighted by Gasteiger charge is -2.26. The van der Waals surface area contributed by atoms with Crippen LogP contribution in [0, 0.1) is 0 Å². The van der Waals surface area contributed by atoms with Crippen molar-refractivity contribution in [3.8, 4) is 0 Å². The molecule has 3 aromatic rings. The van der Waals surface area contributed by atoms with E-state index in [1.165, 1.54) is 6.26 Å². The first-order valence-electron chi connectivity index (χ1n) is 10.0. The fourth-order valence-corrected chi connectivity index (χ4v) is 3.61. The first kappa shape index (κ1) is 19.6. The van der Waals surface area contributed by atoms with Gasteiger partial charge in [0.2, 0.25) is 5.89 Å². The van der Waals surface area contributed by atoms with E-state index in [2.05, 4.69) is 26.3 Å². The summed E-state index contributed by atoms with van der Waals surface area (Å²) in [7, 11) is 0. The predicted octanol–water partition coefficient (Wildman–Crippen LogP) is 1.85. The van der Waals surface area contributed by atoms with Crippen molar-refractivity contribution in [3.05, 3.63) is 53.9 Å². The normalized spacial score (nSPS) is 16.2. The molecule has 4 N–H and O–H groups in total. The standard InChI is InChI=1S/C21H27N5O3/c22-17(12-15-13-24-18-5-2-1-4-16(15)18)21-25-19(14-29-21)20(27)23-6-3-7-26-8-10-28-11-9-26/h1-2,4-5,13-14,17,24H,3,6-12,22H2,(H,23,27). The van der Waals surface area contributed by atoms with Crippen LogP contribution in [0.25, 0.3) is 10.9 Å². The number of aromatic nitrogens is 2. The van der Waals surface area contributed by atoms with Gasteiger partial charge < -0.3 is 25.2 Å². The highest BCUT2D eigenvalue weighted by Crippen LogP contribution is 2.23. The predicted molar refractivity (Wildman–Crippen MR) is 110 cm³/mol. The Kier molecular flexibility index (Phi) is 6.24. The van der Waals surface area contributed by atoms with E-state index in [-0.39, 0.29) is 11.6 Å². The van der Waals surface area contributed by atoms with Gasteiger partial charge in [-0.1, -0.05) is 18.2 Å². The van der Waals surface area contributed by atoms with Gasteiger partial charge in [0.1, 0.15) is 6.26 Å². The molecular formula is C21H27N5O3. The molecule has 1 aromatic carbocycles. The van der Waals surface area contributed by atoms with Crippen molar-refractivity contribution in [1.29, 1.82) is 0 Å². The van der Waals surface area contributed by atoms with E-state index >= 15 is 0 Å². The van der Waals surface area contributed by atoms with Crippen LogP contribution in [-0.4, -0.2) is 60.2 Å². The molecule has 0 radical (unpaired) electrons. The minimum Gasteiger partial charge on any atom is -0.446 e. The molecule has 0 aliphatic carbocycles. The van der Waals surface area contributed by atoms with E-state index in [1.807, 2.05) is 24.4 Å². The number of nitrogens with one attached hydrogen (secondary N) is 2. The summed E-state index contributed by atoms with van der Waals surface area (Å²) in [6.07, 6.45) is 4.79. The Hall–Kier alpha value is -2.68. The Bertz CT molecular complexity index is 945. The van der Waals surface area contributed by atoms with Gasteiger partial charge in [0, 0.05) is 36.7 Å². The largest absolute Gasteiger partial charge is 0.446 e. The maximum atomic E-state index is 12.3. The summed E-state index contributed by atoms with van der Waals surface area (Å²) in [5.74, 6) is 0.134. The second kappa shape index (κ2) is 9.21. The number of nitrogens with zero attached hydrogens (tertiary/aromatic N) is 2. The van der Waals surface area contributed by atoms with Crippen LogP contribution in [0.2, 0.25) is 0 Å². The Labute approximate surface area is 169 Å². The number of morpholine rings is 1. The number of aromatic amines is 1. The molecule has 1 atom stereocenters. The van der Waals surface area contributed by atoms with Gasteiger partial charge in [-0.05, 0) is 31.0 Å². The molecule has 1 amide bonds. The van der Waals surface area contributed by atoms with E-state index in [4.69, 9.17) is 14.9 Å². The van der Waals surface area contributed by atoms with Crippen LogP contribution in [0.3, 0.4) is 0 Å². The van der Waals surface area contributed by atoms with Gasteiger partial charge in [-0.25, -0.2) is 4.98 Å². The van der Waals surface area contributed by atoms with Gasteiger partial charge >= 0.3 is 0 Å². The SMILES string of the molecule is NC(Cc1c[nH]c2ccccc12)c1nc(C(=O)NCCCN2CCOCC2)co1. The maximum Gasteiger partial charge on any atom is 0.273 e. The number of carbonyl (C=O) groups is 1. The third kappa shape index (κ3) is 4.84. The fourth-order valence-electron chi connectivity index (χ4n) is 3.61. The second-order valence-corrected chi connectivity index (χ2v) is 7.30. The van der Waals surface area contributed by atoms with Crippen molar-refractivity contribution in [2.75, 3.05) is 39.4 Å². The maximum absolute atomic E-state index is 12.3. The number of nitrogens with two attached hydrogens (primary N) is 1. The topological polar surface area (TPSA) is 109 Å². The van der Waals surface area contributed by atoms with Crippen LogP contribution in [0.4, 0.5) is 0 Å². The lowest BCUT2D eigenvalue weighted by Crippen LogP contribution is -2.38. The van der Waals surface area contributed by atoms with Gasteiger partial charge in [-0.2, -0.15) is 0 Å². The van der Waals surface area contributed by atoms with Gasteiger partial charge in [-0.3, -0.25) is 9.69 Å². The molecule has 4 rings (SSSR count). The summed E-state index contributed by atoms with van der Waals surface area (Å²) in [6.45, 7) is 5.02. The summed E-state index contributed by atoms with van der Waals surface area (Å²) < 4.78 is 10.8. The number of fused-ring (bicyclic) bond motifs is 1. The van der Waals surface area contributed by atoms with Crippen LogP contribution in [-0.2, 0) is 11.2 Å². The molecule has 154 valence electrons. The minimum atomic E-state index is -0.419. The molecule has 1 fully saturated rings. The van der Waals surface area contributed by atoms with Crippen LogP contribution >= 0.6 is 0 Å². The highest BCUT2D eigenvalue weighted by Gasteiger charge is 2.19. The molecule has 3 heterocycles. The van der Waals surface area contributed by atoms with Crippen molar-refractivity contribution in [2.24, 2.45) is 5.73 Å². The fraction of sp³-hybridized carbons (Fsp3) is 0.429. The molecule has 8 heteroatoms. The molecule has 8 nitrogen and oxygen atoms in total. The number of benzene rings is 1. The Morgan fingerprint density at radius 1 is 1.31 bits per heavy atom. The zero-order valence-corrected chi connectivity index (χ0v) is 16.4. The van der Waals surface area contributed by atoms with Crippen molar-refractivity contribution in [1.82, 2.24) is 20.2 Å². The van der Waals surface area contributed by atoms with Crippen LogP contribution < -0.4 is 11.1 Å². The lowest BCUT2D eigenvalue weighted by atomic mass is 10.1. The van der Waals surface area contributed by atoms with E-state index in [1.54, 1.807) is 0 Å². The van der Waals surface area contributed by atoms with E-state index in [0.717, 1.165) is 55.7 Å². The van der Waals surface area contributed by atoms with Crippen molar-refractivity contribution in [2.45, 2.75) is 18.9 Å². The van der Waals surface area contributed by atoms with Crippen molar-refractivity contribution < 1.29 is 13.9 Å². The monoisotopic (exact) mass is 397 g/mol. The van der Waals surface area contributed by atoms with Crippen molar-refractivity contribution >= 4 is 16.8 Å². The Balaban J connectivity index is 1.27. The zero-order valence-electron chi connectivity index (χ0n) is 16.4. The number of para-hydroxylation sites is 1.